The lowest BCUT2D eigenvalue weighted by atomic mass is 9.88. The van der Waals surface area contributed by atoms with Crippen molar-refractivity contribution in [1.82, 2.24) is 0 Å². The predicted molar refractivity (Wildman–Crippen MR) is 74.1 cm³/mol. The molecule has 0 spiro atoms. The zero-order valence-electron chi connectivity index (χ0n) is 9.51. The number of carbonyl (C=O) groups is 2. The molecule has 0 aromatic rings. The van der Waals surface area contributed by atoms with Crippen molar-refractivity contribution in [3.8, 4) is 6.07 Å². The highest BCUT2D eigenvalue weighted by Crippen LogP contribution is 2.36. The molecule has 1 N–H and O–H groups in total. The van der Waals surface area contributed by atoms with E-state index >= 15 is 0 Å². The fourth-order valence-corrected chi connectivity index (χ4v) is 3.73. The molecule has 17 heavy (non-hydrogen) atoms. The van der Waals surface area contributed by atoms with E-state index in [-0.39, 0.29) is 23.7 Å². The third-order valence-electron chi connectivity index (χ3n) is 2.06. The normalized spacial score (nSPS) is 13.7. The van der Waals surface area contributed by atoms with E-state index < -0.39 is 11.4 Å². The number of thiol groups is 1. The van der Waals surface area contributed by atoms with Crippen LogP contribution in [-0.4, -0.2) is 27.7 Å². The number of carboxylic acid groups (broad SMARTS) is 1. The monoisotopic (exact) mass is 293 g/mol. The van der Waals surface area contributed by atoms with Crippen LogP contribution in [-0.2, 0) is 9.59 Å². The molecule has 0 aromatic heterocycles. The molecular weight excluding hydrogens is 278 g/mol. The Hall–Kier alpha value is -0.320. The fraction of sp³-hybridized carbons (Fsp3) is 0.700. The van der Waals surface area contributed by atoms with Crippen molar-refractivity contribution < 1.29 is 14.7 Å². The highest BCUT2D eigenvalue weighted by Gasteiger charge is 2.38. The molecule has 1 unspecified atom stereocenters. The van der Waals surface area contributed by atoms with Crippen molar-refractivity contribution in [1.29, 1.82) is 5.26 Å². The van der Waals surface area contributed by atoms with E-state index in [9.17, 15) is 9.59 Å². The standard InChI is InChI=1S/C10H15NO3S3/c1-2-5-16-17-9(14)10(6-11,7-15)4-3-8(12)13/h15H,2-5,7H2,1H3,(H,12,13). The molecule has 0 aliphatic heterocycles. The van der Waals surface area contributed by atoms with Crippen molar-refractivity contribution in [2.45, 2.75) is 26.2 Å². The van der Waals surface area contributed by atoms with Gasteiger partial charge in [0.15, 0.2) is 0 Å². The van der Waals surface area contributed by atoms with Crippen LogP contribution in [0.25, 0.3) is 0 Å². The molecule has 96 valence electrons. The Morgan fingerprint density at radius 2 is 2.18 bits per heavy atom. The fourth-order valence-electron chi connectivity index (χ4n) is 0.961. The van der Waals surface area contributed by atoms with Crippen LogP contribution in [0.1, 0.15) is 26.2 Å². The lowest BCUT2D eigenvalue weighted by Gasteiger charge is -2.20. The average Bonchev–Trinajstić information content (AvgIpc) is 2.31. The van der Waals surface area contributed by atoms with E-state index in [0.717, 1.165) is 23.0 Å². The number of hydrogen-bond donors (Lipinski definition) is 2. The summed E-state index contributed by atoms with van der Waals surface area (Å²) in [5.41, 5.74) is -1.28. The number of rotatable bonds is 8. The zero-order chi connectivity index (χ0) is 13.3. The van der Waals surface area contributed by atoms with Gasteiger partial charge in [0.1, 0.15) is 5.41 Å². The Morgan fingerprint density at radius 1 is 1.53 bits per heavy atom. The minimum atomic E-state index is -1.28. The van der Waals surface area contributed by atoms with Gasteiger partial charge in [-0.2, -0.15) is 17.9 Å². The van der Waals surface area contributed by atoms with Crippen molar-refractivity contribution in [2.24, 2.45) is 5.41 Å². The highest BCUT2D eigenvalue weighted by atomic mass is 33.1. The molecule has 0 heterocycles. The smallest absolute Gasteiger partial charge is 0.303 e. The summed E-state index contributed by atoms with van der Waals surface area (Å²) in [4.78, 5) is 22.4. The molecule has 0 bridgehead atoms. The van der Waals surface area contributed by atoms with Crippen LogP contribution in [0.4, 0.5) is 0 Å². The Morgan fingerprint density at radius 3 is 2.59 bits per heavy atom. The summed E-state index contributed by atoms with van der Waals surface area (Å²) in [6.45, 7) is 2.00. The van der Waals surface area contributed by atoms with Crippen LogP contribution in [0.15, 0.2) is 0 Å². The van der Waals surface area contributed by atoms with Crippen LogP contribution in [0, 0.1) is 16.7 Å². The SMILES string of the molecule is CCCSSC(=O)C(C#N)(CS)CCC(=O)O. The van der Waals surface area contributed by atoms with Crippen molar-refractivity contribution in [3.05, 3.63) is 0 Å². The van der Waals surface area contributed by atoms with Crippen molar-refractivity contribution in [3.63, 3.8) is 0 Å². The van der Waals surface area contributed by atoms with Gasteiger partial charge in [-0.1, -0.05) is 17.7 Å². The second-order valence-electron chi connectivity index (χ2n) is 3.44. The van der Waals surface area contributed by atoms with Crippen molar-refractivity contribution in [2.75, 3.05) is 11.5 Å². The third-order valence-corrected chi connectivity index (χ3v) is 5.14. The number of aliphatic carboxylic acids is 1. The Balaban J connectivity index is 4.52. The van der Waals surface area contributed by atoms with Crippen LogP contribution in [0.3, 0.4) is 0 Å². The van der Waals surface area contributed by atoms with Gasteiger partial charge in [0.2, 0.25) is 5.12 Å². The molecule has 0 aromatic carbocycles. The number of hydrogen-bond acceptors (Lipinski definition) is 6. The molecule has 0 saturated carbocycles. The minimum Gasteiger partial charge on any atom is -0.481 e. The van der Waals surface area contributed by atoms with Crippen molar-refractivity contribution >= 4 is 45.3 Å². The van der Waals surface area contributed by atoms with Crippen LogP contribution in [0.2, 0.25) is 0 Å². The quantitative estimate of drug-likeness (QED) is 0.407. The second-order valence-corrected chi connectivity index (χ2v) is 6.14. The van der Waals surface area contributed by atoms with Gasteiger partial charge < -0.3 is 5.11 Å². The maximum Gasteiger partial charge on any atom is 0.303 e. The van der Waals surface area contributed by atoms with E-state index in [4.69, 9.17) is 10.4 Å². The molecule has 0 radical (unpaired) electrons. The van der Waals surface area contributed by atoms with Gasteiger partial charge in [-0.15, -0.1) is 0 Å². The molecule has 1 atom stereocenters. The number of nitriles is 1. The summed E-state index contributed by atoms with van der Waals surface area (Å²) in [6, 6.07) is 1.92. The van der Waals surface area contributed by atoms with Crippen LogP contribution >= 0.6 is 34.2 Å². The maximum absolute atomic E-state index is 11.9. The second kappa shape index (κ2) is 8.72. The zero-order valence-corrected chi connectivity index (χ0v) is 12.0. The van der Waals surface area contributed by atoms with Gasteiger partial charge >= 0.3 is 5.97 Å². The van der Waals surface area contributed by atoms with Gasteiger partial charge in [-0.3, -0.25) is 9.59 Å². The van der Waals surface area contributed by atoms with Crippen LogP contribution < -0.4 is 0 Å². The molecular formula is C10H15NO3S3. The number of nitrogens with zero attached hydrogens (tertiary/aromatic N) is 1. The largest absolute Gasteiger partial charge is 0.481 e. The average molecular weight is 293 g/mol. The molecule has 0 fully saturated rings. The summed E-state index contributed by atoms with van der Waals surface area (Å²) in [5.74, 6) is -0.135. The molecule has 0 aliphatic rings. The molecule has 0 saturated heterocycles. The topological polar surface area (TPSA) is 78.2 Å². The first kappa shape index (κ1) is 16.7. The summed E-state index contributed by atoms with van der Waals surface area (Å²) >= 11 is 4.01. The summed E-state index contributed by atoms with van der Waals surface area (Å²) in [5, 5.41) is 17.4. The van der Waals surface area contributed by atoms with Gasteiger partial charge in [0, 0.05) is 17.9 Å². The molecule has 4 nitrogen and oxygen atoms in total. The van der Waals surface area contributed by atoms with Gasteiger partial charge in [0.25, 0.3) is 0 Å². The van der Waals surface area contributed by atoms with E-state index in [1.807, 2.05) is 13.0 Å². The molecule has 7 heteroatoms. The Bertz CT molecular complexity index is 316. The molecule has 0 rings (SSSR count). The van der Waals surface area contributed by atoms with Gasteiger partial charge in [-0.05, 0) is 23.6 Å². The maximum atomic E-state index is 11.9. The first-order valence-electron chi connectivity index (χ1n) is 5.10. The predicted octanol–water partition coefficient (Wildman–Crippen LogP) is 2.61. The van der Waals surface area contributed by atoms with E-state index in [1.54, 1.807) is 0 Å². The van der Waals surface area contributed by atoms with Crippen LogP contribution in [0.5, 0.6) is 0 Å². The number of carbonyl (C=O) groups excluding carboxylic acids is 1. The summed E-state index contributed by atoms with van der Waals surface area (Å²) in [7, 11) is 2.41. The lowest BCUT2D eigenvalue weighted by Crippen LogP contribution is -2.30. The Labute approximate surface area is 114 Å². The van der Waals surface area contributed by atoms with E-state index in [0.29, 0.717) is 0 Å². The summed E-state index contributed by atoms with van der Waals surface area (Å²) < 4.78 is 0. The third kappa shape index (κ3) is 5.70. The summed E-state index contributed by atoms with van der Waals surface area (Å²) in [6.07, 6.45) is 0.764. The Kier molecular flexibility index (Phi) is 8.56. The van der Waals surface area contributed by atoms with E-state index in [1.165, 1.54) is 10.8 Å². The van der Waals surface area contributed by atoms with Gasteiger partial charge in [0.05, 0.1) is 6.07 Å². The molecule has 0 aliphatic carbocycles. The first-order valence-corrected chi connectivity index (χ1v) is 8.05. The van der Waals surface area contributed by atoms with E-state index in [2.05, 4.69) is 12.6 Å². The number of carboxylic acids is 1. The minimum absolute atomic E-state index is 0.0147. The highest BCUT2D eigenvalue weighted by molar-refractivity contribution is 8.82. The van der Waals surface area contributed by atoms with Gasteiger partial charge in [-0.25, -0.2) is 0 Å². The lowest BCUT2D eigenvalue weighted by molar-refractivity contribution is -0.137. The molecule has 0 amide bonds. The first-order chi connectivity index (χ1) is 8.02.